The van der Waals surface area contributed by atoms with Gasteiger partial charge in [-0.25, -0.2) is 14.8 Å². The number of aromatic carboxylic acids is 1. The molecular weight excluding hydrogens is 412 g/mol. The van der Waals surface area contributed by atoms with Crippen molar-refractivity contribution in [3.05, 3.63) is 53.4 Å². The number of carboxylic acid groups (broad SMARTS) is 1. The van der Waals surface area contributed by atoms with Gasteiger partial charge in [-0.3, -0.25) is 4.79 Å². The summed E-state index contributed by atoms with van der Waals surface area (Å²) in [5.41, 5.74) is 7.34. The van der Waals surface area contributed by atoms with Crippen molar-refractivity contribution in [3.8, 4) is 11.5 Å². The first-order chi connectivity index (χ1) is 15.4. The maximum atomic E-state index is 12.2. The molecule has 9 nitrogen and oxygen atoms in total. The molecule has 9 heteroatoms. The lowest BCUT2D eigenvalue weighted by molar-refractivity contribution is -0.113. The minimum Gasteiger partial charge on any atom is -0.497 e. The van der Waals surface area contributed by atoms with Gasteiger partial charge in [-0.15, -0.1) is 0 Å². The molecule has 0 spiro atoms. The zero-order valence-corrected chi connectivity index (χ0v) is 18.0. The number of hydrogen-bond acceptors (Lipinski definition) is 7. The Morgan fingerprint density at radius 1 is 1.19 bits per heavy atom. The van der Waals surface area contributed by atoms with Crippen molar-refractivity contribution in [2.24, 2.45) is 5.73 Å². The van der Waals surface area contributed by atoms with Crippen LogP contribution in [-0.4, -0.2) is 40.7 Å². The highest BCUT2D eigenvalue weighted by Gasteiger charge is 2.22. The van der Waals surface area contributed by atoms with Crippen LogP contribution in [0.2, 0.25) is 0 Å². The molecule has 0 fully saturated rings. The van der Waals surface area contributed by atoms with Crippen LogP contribution in [0.25, 0.3) is 17.1 Å². The van der Waals surface area contributed by atoms with Gasteiger partial charge in [0.15, 0.2) is 5.65 Å². The molecule has 32 heavy (non-hydrogen) atoms. The summed E-state index contributed by atoms with van der Waals surface area (Å²) in [6.07, 6.45) is 3.01. The minimum absolute atomic E-state index is 0.0560. The highest BCUT2D eigenvalue weighted by molar-refractivity contribution is 6.06. The van der Waals surface area contributed by atoms with Crippen LogP contribution in [0.4, 0.5) is 11.4 Å². The SMILES string of the molecule is CCOc1cc2c(Nc3ccc(OC)cc3)c(C(=O)O)c(CC)nc2nc1C=CC(N)=O. The molecule has 0 unspecified atom stereocenters. The average Bonchev–Trinajstić information content (AvgIpc) is 2.77. The van der Waals surface area contributed by atoms with Gasteiger partial charge in [0.2, 0.25) is 5.91 Å². The van der Waals surface area contributed by atoms with Crippen LogP contribution in [0.3, 0.4) is 0 Å². The molecule has 0 bridgehead atoms. The summed E-state index contributed by atoms with van der Waals surface area (Å²) in [5, 5.41) is 13.6. The Kier molecular flexibility index (Phi) is 6.89. The molecule has 1 amide bonds. The molecule has 0 aliphatic carbocycles. The number of aryl methyl sites for hydroxylation is 1. The number of nitrogens with two attached hydrogens (primary N) is 1. The normalized spacial score (nSPS) is 11.0. The Hall–Kier alpha value is -4.14. The number of carbonyl (C=O) groups is 2. The number of primary amides is 1. The number of carboxylic acids is 1. The lowest BCUT2D eigenvalue weighted by atomic mass is 10.0. The molecule has 3 aromatic rings. The molecule has 2 heterocycles. The monoisotopic (exact) mass is 436 g/mol. The number of rotatable bonds is 9. The second-order valence-electron chi connectivity index (χ2n) is 6.73. The standard InChI is InChI=1S/C23H24N4O5/c1-4-16-20(23(29)30)21(25-13-6-8-14(31-3)9-7-13)15-12-18(32-5-2)17(10-11-19(24)28)27-22(15)26-16/h6-12H,4-5H2,1-3H3,(H2,24,28)(H,29,30)(H,25,26,27). The number of benzene rings is 1. The summed E-state index contributed by atoms with van der Waals surface area (Å²) in [5.74, 6) is -0.686. The van der Waals surface area contributed by atoms with Gasteiger partial charge in [0.25, 0.3) is 0 Å². The second kappa shape index (κ2) is 9.78. The minimum atomic E-state index is -1.11. The number of pyridine rings is 2. The van der Waals surface area contributed by atoms with Crippen molar-refractivity contribution in [2.45, 2.75) is 20.3 Å². The van der Waals surface area contributed by atoms with Gasteiger partial charge < -0.3 is 25.6 Å². The zero-order valence-electron chi connectivity index (χ0n) is 18.0. The first-order valence-electron chi connectivity index (χ1n) is 10.00. The number of anilines is 2. The van der Waals surface area contributed by atoms with E-state index in [1.54, 1.807) is 37.4 Å². The van der Waals surface area contributed by atoms with E-state index in [0.717, 1.165) is 0 Å². The Labute approximate surface area is 184 Å². The van der Waals surface area contributed by atoms with Crippen molar-refractivity contribution < 1.29 is 24.2 Å². The van der Waals surface area contributed by atoms with Gasteiger partial charge in [-0.1, -0.05) is 6.92 Å². The van der Waals surface area contributed by atoms with E-state index in [1.807, 2.05) is 13.8 Å². The van der Waals surface area contributed by atoms with E-state index in [0.29, 0.717) is 58.3 Å². The second-order valence-corrected chi connectivity index (χ2v) is 6.73. The molecule has 166 valence electrons. The van der Waals surface area contributed by atoms with Crippen LogP contribution in [-0.2, 0) is 11.2 Å². The molecule has 4 N–H and O–H groups in total. The Balaban J connectivity index is 2.28. The fourth-order valence-electron chi connectivity index (χ4n) is 3.22. The van der Waals surface area contributed by atoms with E-state index in [2.05, 4.69) is 15.3 Å². The number of nitrogens with zero attached hydrogens (tertiary/aromatic N) is 2. The number of fused-ring (bicyclic) bond motifs is 1. The topological polar surface area (TPSA) is 137 Å². The lowest BCUT2D eigenvalue weighted by Crippen LogP contribution is -2.11. The highest BCUT2D eigenvalue weighted by atomic mass is 16.5. The van der Waals surface area contributed by atoms with Gasteiger partial charge in [0.1, 0.15) is 22.8 Å². The van der Waals surface area contributed by atoms with Crippen LogP contribution in [0.5, 0.6) is 11.5 Å². The zero-order chi connectivity index (χ0) is 23.3. The predicted octanol–water partition coefficient (Wildman–Crippen LogP) is 3.54. The van der Waals surface area contributed by atoms with Gasteiger partial charge >= 0.3 is 5.97 Å². The molecule has 2 aromatic heterocycles. The number of carbonyl (C=O) groups excluding carboxylic acids is 1. The summed E-state index contributed by atoms with van der Waals surface area (Å²) < 4.78 is 10.9. The molecule has 0 saturated heterocycles. The van der Waals surface area contributed by atoms with E-state index >= 15 is 0 Å². The summed E-state index contributed by atoms with van der Waals surface area (Å²) in [7, 11) is 1.57. The van der Waals surface area contributed by atoms with E-state index in [1.165, 1.54) is 12.2 Å². The lowest BCUT2D eigenvalue weighted by Gasteiger charge is -2.17. The molecule has 0 atom stereocenters. The van der Waals surface area contributed by atoms with Gasteiger partial charge in [0, 0.05) is 17.1 Å². The largest absolute Gasteiger partial charge is 0.497 e. The number of methoxy groups -OCH3 is 1. The van der Waals surface area contributed by atoms with Crippen molar-refractivity contribution in [2.75, 3.05) is 19.0 Å². The van der Waals surface area contributed by atoms with E-state index < -0.39 is 11.9 Å². The number of amides is 1. The van der Waals surface area contributed by atoms with Gasteiger partial charge in [-0.2, -0.15) is 0 Å². The number of aromatic nitrogens is 2. The van der Waals surface area contributed by atoms with Gasteiger partial charge in [0.05, 0.1) is 25.1 Å². The van der Waals surface area contributed by atoms with Crippen LogP contribution in [0.1, 0.15) is 35.6 Å². The molecule has 0 aliphatic rings. The fraction of sp³-hybridized carbons (Fsp3) is 0.217. The van der Waals surface area contributed by atoms with E-state index in [9.17, 15) is 14.7 Å². The average molecular weight is 436 g/mol. The Morgan fingerprint density at radius 3 is 2.47 bits per heavy atom. The summed E-state index contributed by atoms with van der Waals surface area (Å²) in [6.45, 7) is 3.97. The fourth-order valence-corrected chi connectivity index (χ4v) is 3.22. The summed E-state index contributed by atoms with van der Waals surface area (Å²) >= 11 is 0. The first kappa shape index (κ1) is 22.5. The van der Waals surface area contributed by atoms with Crippen LogP contribution < -0.4 is 20.5 Å². The van der Waals surface area contributed by atoms with E-state index in [4.69, 9.17) is 15.2 Å². The van der Waals surface area contributed by atoms with Crippen molar-refractivity contribution in [3.63, 3.8) is 0 Å². The predicted molar refractivity (Wildman–Crippen MR) is 122 cm³/mol. The van der Waals surface area contributed by atoms with Crippen molar-refractivity contribution in [1.29, 1.82) is 0 Å². The van der Waals surface area contributed by atoms with Gasteiger partial charge in [-0.05, 0) is 49.8 Å². The molecule has 0 radical (unpaired) electrons. The number of hydrogen-bond donors (Lipinski definition) is 3. The number of ether oxygens (including phenoxy) is 2. The molecule has 0 saturated carbocycles. The van der Waals surface area contributed by atoms with Crippen molar-refractivity contribution in [1.82, 2.24) is 9.97 Å². The summed E-state index contributed by atoms with van der Waals surface area (Å²) in [4.78, 5) is 32.4. The Morgan fingerprint density at radius 2 is 1.91 bits per heavy atom. The molecular formula is C23H24N4O5. The van der Waals surface area contributed by atoms with Crippen LogP contribution in [0.15, 0.2) is 36.4 Å². The molecule has 0 aliphatic heterocycles. The van der Waals surface area contributed by atoms with E-state index in [-0.39, 0.29) is 5.56 Å². The smallest absolute Gasteiger partial charge is 0.339 e. The third-order valence-electron chi connectivity index (χ3n) is 4.66. The van der Waals surface area contributed by atoms with Crippen molar-refractivity contribution >= 4 is 40.4 Å². The van der Waals surface area contributed by atoms with Crippen LogP contribution >= 0.6 is 0 Å². The maximum absolute atomic E-state index is 12.2. The third kappa shape index (κ3) is 4.77. The Bertz CT molecular complexity index is 1190. The van der Waals surface area contributed by atoms with Crippen LogP contribution in [0, 0.1) is 0 Å². The third-order valence-corrected chi connectivity index (χ3v) is 4.66. The highest BCUT2D eigenvalue weighted by Crippen LogP contribution is 2.35. The maximum Gasteiger partial charge on any atom is 0.339 e. The molecule has 1 aromatic carbocycles. The first-order valence-corrected chi connectivity index (χ1v) is 10.00. The molecule has 3 rings (SSSR count). The quantitative estimate of drug-likeness (QED) is 0.433. The summed E-state index contributed by atoms with van der Waals surface area (Å²) in [6, 6.07) is 8.76. The number of nitrogens with one attached hydrogen (secondary N) is 1.